The molecule has 3 rings (SSSR count). The summed E-state index contributed by atoms with van der Waals surface area (Å²) >= 11 is 0. The molecule has 0 spiro atoms. The Kier molecular flexibility index (Phi) is 6.09. The molecule has 0 unspecified atom stereocenters. The maximum Gasteiger partial charge on any atom is 0.254 e. The Balaban J connectivity index is 1.68. The van der Waals surface area contributed by atoms with E-state index in [0.717, 1.165) is 12.0 Å². The van der Waals surface area contributed by atoms with E-state index in [1.807, 2.05) is 36.1 Å². The van der Waals surface area contributed by atoms with Gasteiger partial charge in [-0.2, -0.15) is 0 Å². The average molecular weight is 379 g/mol. The van der Waals surface area contributed by atoms with E-state index in [1.54, 1.807) is 29.2 Å². The number of aryl methyl sites for hydroxylation is 1. The van der Waals surface area contributed by atoms with Crippen LogP contribution in [0.1, 0.15) is 39.6 Å². The molecule has 1 saturated heterocycles. The molecule has 2 aromatic rings. The summed E-state index contributed by atoms with van der Waals surface area (Å²) in [5.74, 6) is -0.248. The van der Waals surface area contributed by atoms with E-state index in [4.69, 9.17) is 0 Å². The molecule has 0 saturated carbocycles. The Hall–Kier alpha value is -3.15. The Bertz CT molecular complexity index is 894. The lowest BCUT2D eigenvalue weighted by Gasteiger charge is -2.23. The highest BCUT2D eigenvalue weighted by atomic mass is 16.2. The van der Waals surface area contributed by atoms with Crippen LogP contribution >= 0.6 is 0 Å². The standard InChI is InChI=1S/C22H25N3O3/c1-16-7-3-4-10-20(16)22(28)25-12-6-11-24(13-14-25)21(27)18-8-5-9-19(15-18)23-17(2)26/h3-5,7-10,15H,6,11-14H2,1-2H3,(H,23,26). The van der Waals surface area contributed by atoms with Crippen LogP contribution < -0.4 is 5.32 Å². The van der Waals surface area contributed by atoms with Crippen molar-refractivity contribution in [3.63, 3.8) is 0 Å². The van der Waals surface area contributed by atoms with E-state index in [2.05, 4.69) is 5.32 Å². The summed E-state index contributed by atoms with van der Waals surface area (Å²) in [4.78, 5) is 40.6. The number of benzene rings is 2. The van der Waals surface area contributed by atoms with Crippen molar-refractivity contribution in [3.8, 4) is 0 Å². The van der Waals surface area contributed by atoms with E-state index in [1.165, 1.54) is 6.92 Å². The van der Waals surface area contributed by atoms with E-state index in [-0.39, 0.29) is 17.7 Å². The maximum atomic E-state index is 12.9. The average Bonchev–Trinajstić information content (AvgIpc) is 2.93. The summed E-state index contributed by atoms with van der Waals surface area (Å²) in [5.41, 5.74) is 2.80. The van der Waals surface area contributed by atoms with Gasteiger partial charge in [0.1, 0.15) is 0 Å². The van der Waals surface area contributed by atoms with Crippen molar-refractivity contribution < 1.29 is 14.4 Å². The lowest BCUT2D eigenvalue weighted by atomic mass is 10.1. The van der Waals surface area contributed by atoms with Crippen molar-refractivity contribution in [1.29, 1.82) is 0 Å². The lowest BCUT2D eigenvalue weighted by Crippen LogP contribution is -2.37. The summed E-state index contributed by atoms with van der Waals surface area (Å²) < 4.78 is 0. The van der Waals surface area contributed by atoms with E-state index >= 15 is 0 Å². The fourth-order valence-corrected chi connectivity index (χ4v) is 3.42. The summed E-state index contributed by atoms with van der Waals surface area (Å²) in [6.07, 6.45) is 0.731. The third-order valence-corrected chi connectivity index (χ3v) is 4.88. The minimum absolute atomic E-state index is 0.0139. The van der Waals surface area contributed by atoms with Crippen LogP contribution in [0.4, 0.5) is 5.69 Å². The minimum Gasteiger partial charge on any atom is -0.337 e. The summed E-state index contributed by atoms with van der Waals surface area (Å²) in [7, 11) is 0. The Morgan fingerprint density at radius 1 is 0.857 bits per heavy atom. The Labute approximate surface area is 165 Å². The highest BCUT2D eigenvalue weighted by Gasteiger charge is 2.24. The number of carbonyl (C=O) groups is 3. The molecule has 6 heteroatoms. The molecule has 1 aliphatic heterocycles. The predicted octanol–water partition coefficient (Wildman–Crippen LogP) is 2.94. The number of nitrogens with one attached hydrogen (secondary N) is 1. The van der Waals surface area contributed by atoms with Crippen LogP contribution in [0.25, 0.3) is 0 Å². The second kappa shape index (κ2) is 8.69. The number of hydrogen-bond acceptors (Lipinski definition) is 3. The van der Waals surface area contributed by atoms with Gasteiger partial charge in [-0.1, -0.05) is 24.3 Å². The fraction of sp³-hybridized carbons (Fsp3) is 0.318. The number of nitrogens with zero attached hydrogens (tertiary/aromatic N) is 2. The van der Waals surface area contributed by atoms with Crippen LogP contribution in [0.15, 0.2) is 48.5 Å². The first-order valence-electron chi connectivity index (χ1n) is 9.47. The molecule has 1 heterocycles. The predicted molar refractivity (Wildman–Crippen MR) is 108 cm³/mol. The molecule has 146 valence electrons. The van der Waals surface area contributed by atoms with Gasteiger partial charge in [0.05, 0.1) is 0 Å². The van der Waals surface area contributed by atoms with Gasteiger partial charge in [-0.05, 0) is 43.2 Å². The van der Waals surface area contributed by atoms with Gasteiger partial charge in [0.25, 0.3) is 11.8 Å². The van der Waals surface area contributed by atoms with Crippen LogP contribution in [0, 0.1) is 6.92 Å². The molecule has 1 aliphatic rings. The molecule has 0 aliphatic carbocycles. The Morgan fingerprint density at radius 3 is 2.21 bits per heavy atom. The van der Waals surface area contributed by atoms with Crippen LogP contribution in [-0.2, 0) is 4.79 Å². The van der Waals surface area contributed by atoms with Crippen molar-refractivity contribution >= 4 is 23.4 Å². The quantitative estimate of drug-likeness (QED) is 0.891. The molecule has 0 aromatic heterocycles. The molecule has 0 atom stereocenters. The van der Waals surface area contributed by atoms with Gasteiger partial charge in [-0.25, -0.2) is 0 Å². The van der Waals surface area contributed by atoms with Crippen LogP contribution in [-0.4, -0.2) is 53.7 Å². The fourth-order valence-electron chi connectivity index (χ4n) is 3.42. The Morgan fingerprint density at radius 2 is 1.54 bits per heavy atom. The van der Waals surface area contributed by atoms with Gasteiger partial charge in [0.2, 0.25) is 5.91 Å². The molecular weight excluding hydrogens is 354 g/mol. The van der Waals surface area contributed by atoms with Crippen molar-refractivity contribution in [2.45, 2.75) is 20.3 Å². The zero-order valence-electron chi connectivity index (χ0n) is 16.3. The van der Waals surface area contributed by atoms with Crippen LogP contribution in [0.3, 0.4) is 0 Å². The van der Waals surface area contributed by atoms with Crippen LogP contribution in [0.2, 0.25) is 0 Å². The van der Waals surface area contributed by atoms with Gasteiger partial charge in [-0.3, -0.25) is 14.4 Å². The summed E-state index contributed by atoms with van der Waals surface area (Å²) in [5, 5.41) is 2.70. The third-order valence-electron chi connectivity index (χ3n) is 4.88. The topological polar surface area (TPSA) is 69.7 Å². The van der Waals surface area contributed by atoms with Gasteiger partial charge in [0.15, 0.2) is 0 Å². The van der Waals surface area contributed by atoms with Gasteiger partial charge in [0, 0.05) is 49.9 Å². The molecule has 2 aromatic carbocycles. The molecule has 0 bridgehead atoms. The smallest absolute Gasteiger partial charge is 0.254 e. The van der Waals surface area contributed by atoms with E-state index < -0.39 is 0 Å². The molecule has 1 fully saturated rings. The highest BCUT2D eigenvalue weighted by Crippen LogP contribution is 2.16. The number of anilines is 1. The zero-order valence-corrected chi connectivity index (χ0v) is 16.3. The number of amides is 3. The van der Waals surface area contributed by atoms with Gasteiger partial charge >= 0.3 is 0 Å². The first kappa shape index (κ1) is 19.6. The third kappa shape index (κ3) is 4.57. The second-order valence-corrected chi connectivity index (χ2v) is 7.01. The van der Waals surface area contributed by atoms with Gasteiger partial charge in [-0.15, -0.1) is 0 Å². The first-order chi connectivity index (χ1) is 13.5. The minimum atomic E-state index is -0.176. The second-order valence-electron chi connectivity index (χ2n) is 7.01. The SMILES string of the molecule is CC(=O)Nc1cccc(C(=O)N2CCCN(C(=O)c3ccccc3C)CC2)c1. The molecule has 28 heavy (non-hydrogen) atoms. The number of carbonyl (C=O) groups excluding carboxylic acids is 3. The molecular formula is C22H25N3O3. The van der Waals surface area contributed by atoms with Gasteiger partial charge < -0.3 is 15.1 Å². The molecule has 3 amide bonds. The molecule has 1 N–H and O–H groups in total. The lowest BCUT2D eigenvalue weighted by molar-refractivity contribution is -0.114. The van der Waals surface area contributed by atoms with Crippen molar-refractivity contribution in [1.82, 2.24) is 9.80 Å². The highest BCUT2D eigenvalue weighted by molar-refractivity contribution is 5.97. The largest absolute Gasteiger partial charge is 0.337 e. The van der Waals surface area contributed by atoms with Crippen molar-refractivity contribution in [2.75, 3.05) is 31.5 Å². The molecule has 0 radical (unpaired) electrons. The number of hydrogen-bond donors (Lipinski definition) is 1. The monoisotopic (exact) mass is 379 g/mol. The van der Waals surface area contributed by atoms with Crippen molar-refractivity contribution in [3.05, 3.63) is 65.2 Å². The summed E-state index contributed by atoms with van der Waals surface area (Å²) in [6, 6.07) is 14.5. The first-order valence-corrected chi connectivity index (χ1v) is 9.47. The normalized spacial score (nSPS) is 14.4. The zero-order chi connectivity index (χ0) is 20.1. The van der Waals surface area contributed by atoms with E-state index in [9.17, 15) is 14.4 Å². The van der Waals surface area contributed by atoms with Crippen molar-refractivity contribution in [2.24, 2.45) is 0 Å². The molecule has 6 nitrogen and oxygen atoms in total. The van der Waals surface area contributed by atoms with Crippen LogP contribution in [0.5, 0.6) is 0 Å². The van der Waals surface area contributed by atoms with E-state index in [0.29, 0.717) is 43.0 Å². The maximum absolute atomic E-state index is 12.9. The number of rotatable bonds is 3. The summed E-state index contributed by atoms with van der Waals surface area (Å²) in [6.45, 7) is 5.58.